The first kappa shape index (κ1) is 25.1. The third-order valence-corrected chi connectivity index (χ3v) is 8.90. The van der Waals surface area contributed by atoms with Crippen LogP contribution in [0.25, 0.3) is 10.9 Å². The number of nitrogens with zero attached hydrogens (tertiary/aromatic N) is 2. The Kier molecular flexibility index (Phi) is 7.42. The summed E-state index contributed by atoms with van der Waals surface area (Å²) in [6.07, 6.45) is 7.02. The number of sulfonamides is 1. The van der Waals surface area contributed by atoms with E-state index >= 15 is 0 Å². The third kappa shape index (κ3) is 5.33. The number of carbonyl (C=O) groups is 1. The zero-order valence-corrected chi connectivity index (χ0v) is 21.4. The van der Waals surface area contributed by atoms with Crippen LogP contribution in [-0.2, 0) is 23.5 Å². The Morgan fingerprint density at radius 1 is 1.09 bits per heavy atom. The van der Waals surface area contributed by atoms with E-state index in [0.29, 0.717) is 18.5 Å². The fourth-order valence-corrected chi connectivity index (χ4v) is 6.21. The molecule has 0 aliphatic heterocycles. The maximum Gasteiger partial charge on any atom is 0.256 e. The van der Waals surface area contributed by atoms with Gasteiger partial charge in [0.1, 0.15) is 5.56 Å². The topological polar surface area (TPSA) is 88.5 Å². The molecule has 0 bridgehead atoms. The second-order valence-corrected chi connectivity index (χ2v) is 11.5. The van der Waals surface area contributed by atoms with Gasteiger partial charge in [-0.05, 0) is 49.9 Å². The van der Waals surface area contributed by atoms with Crippen LogP contribution in [0, 0.1) is 6.92 Å². The molecule has 4 rings (SSSR count). The number of aromatic nitrogens is 1. The zero-order chi connectivity index (χ0) is 25.2. The predicted octanol–water partition coefficient (Wildman–Crippen LogP) is 3.77. The second-order valence-electron chi connectivity index (χ2n) is 9.47. The van der Waals surface area contributed by atoms with Crippen molar-refractivity contribution in [3.8, 4) is 0 Å². The fraction of sp³-hybridized carbons (Fsp3) is 0.407. The fourth-order valence-electron chi connectivity index (χ4n) is 4.77. The Hall–Kier alpha value is -2.97. The van der Waals surface area contributed by atoms with Crippen LogP contribution in [0.3, 0.4) is 0 Å². The zero-order valence-electron chi connectivity index (χ0n) is 20.6. The minimum atomic E-state index is -3.76. The summed E-state index contributed by atoms with van der Waals surface area (Å²) in [4.78, 5) is 26.2. The summed E-state index contributed by atoms with van der Waals surface area (Å²) in [5, 5.41) is 3.04. The molecule has 1 aliphatic rings. The molecule has 1 heterocycles. The molecule has 186 valence electrons. The number of hydrogen-bond donors (Lipinski definition) is 1. The van der Waals surface area contributed by atoms with Gasteiger partial charge in [0.25, 0.3) is 5.91 Å². The maximum absolute atomic E-state index is 13.3. The van der Waals surface area contributed by atoms with Gasteiger partial charge < -0.3 is 9.88 Å². The van der Waals surface area contributed by atoms with Gasteiger partial charge in [-0.1, -0.05) is 49.1 Å². The summed E-state index contributed by atoms with van der Waals surface area (Å²) in [7, 11) is -0.396. The van der Waals surface area contributed by atoms with Gasteiger partial charge in [-0.15, -0.1) is 0 Å². The van der Waals surface area contributed by atoms with Crippen LogP contribution in [0.15, 0.2) is 58.4 Å². The summed E-state index contributed by atoms with van der Waals surface area (Å²) in [6, 6.07) is 12.6. The minimum absolute atomic E-state index is 0.000843. The van der Waals surface area contributed by atoms with Crippen molar-refractivity contribution in [2.75, 3.05) is 13.6 Å². The standard InChI is InChI=1S/C27H33N3O4S/c1-19-9-11-20(12-10-19)15-16-28-27(32)24-18-29(2)25-14-13-22(17-23(25)26(24)31)35(33,34)30(3)21-7-5-4-6-8-21/h9-14,17-18,21H,4-8,15-16H2,1-3H3,(H,28,32). The number of fused-ring (bicyclic) bond motifs is 1. The summed E-state index contributed by atoms with van der Waals surface area (Å²) >= 11 is 0. The van der Waals surface area contributed by atoms with Gasteiger partial charge in [0.2, 0.25) is 15.5 Å². The Labute approximate surface area is 206 Å². The molecule has 3 aromatic rings. The van der Waals surface area contributed by atoms with Gasteiger partial charge in [-0.3, -0.25) is 9.59 Å². The third-order valence-electron chi connectivity index (χ3n) is 6.99. The monoisotopic (exact) mass is 495 g/mol. The van der Waals surface area contributed by atoms with Crippen molar-refractivity contribution < 1.29 is 13.2 Å². The summed E-state index contributed by atoms with van der Waals surface area (Å²) < 4.78 is 29.8. The van der Waals surface area contributed by atoms with Gasteiger partial charge >= 0.3 is 0 Å². The largest absolute Gasteiger partial charge is 0.352 e. The van der Waals surface area contributed by atoms with Crippen LogP contribution < -0.4 is 10.7 Å². The molecule has 1 aromatic heterocycles. The van der Waals surface area contributed by atoms with Crippen molar-refractivity contribution in [3.05, 3.63) is 75.6 Å². The molecule has 1 aliphatic carbocycles. The molecular weight excluding hydrogens is 462 g/mol. The lowest BCUT2D eigenvalue weighted by atomic mass is 9.96. The lowest BCUT2D eigenvalue weighted by molar-refractivity contribution is 0.0952. The Morgan fingerprint density at radius 2 is 1.77 bits per heavy atom. The molecule has 1 saturated carbocycles. The van der Waals surface area contributed by atoms with Gasteiger partial charge in [-0.2, -0.15) is 4.31 Å². The Morgan fingerprint density at radius 3 is 2.46 bits per heavy atom. The minimum Gasteiger partial charge on any atom is -0.352 e. The van der Waals surface area contributed by atoms with Crippen LogP contribution in [0.2, 0.25) is 0 Å². The molecule has 0 radical (unpaired) electrons. The van der Waals surface area contributed by atoms with Gasteiger partial charge in [0, 0.05) is 38.3 Å². The molecule has 0 atom stereocenters. The molecule has 0 saturated heterocycles. The number of nitrogens with one attached hydrogen (secondary N) is 1. The van der Waals surface area contributed by atoms with Gasteiger partial charge in [0.15, 0.2) is 0 Å². The van der Waals surface area contributed by atoms with Gasteiger partial charge in [0.05, 0.1) is 10.4 Å². The molecule has 8 heteroatoms. The normalized spacial score (nSPS) is 15.0. The van der Waals surface area contributed by atoms with E-state index < -0.39 is 21.4 Å². The van der Waals surface area contributed by atoms with Gasteiger partial charge in [-0.25, -0.2) is 8.42 Å². The quantitative estimate of drug-likeness (QED) is 0.540. The van der Waals surface area contributed by atoms with E-state index in [-0.39, 0.29) is 21.9 Å². The number of pyridine rings is 1. The lowest BCUT2D eigenvalue weighted by Gasteiger charge is -2.30. The van der Waals surface area contributed by atoms with E-state index in [2.05, 4.69) is 5.32 Å². The van der Waals surface area contributed by atoms with Crippen molar-refractivity contribution >= 4 is 26.8 Å². The Balaban J connectivity index is 1.59. The van der Waals surface area contributed by atoms with Crippen LogP contribution in [-0.4, -0.2) is 42.8 Å². The summed E-state index contributed by atoms with van der Waals surface area (Å²) in [5.41, 5.74) is 2.37. The number of carbonyl (C=O) groups excluding carboxylic acids is 1. The van der Waals surface area contributed by atoms with E-state index in [1.807, 2.05) is 31.2 Å². The van der Waals surface area contributed by atoms with E-state index in [9.17, 15) is 18.0 Å². The summed E-state index contributed by atoms with van der Waals surface area (Å²) in [6.45, 7) is 2.41. The summed E-state index contributed by atoms with van der Waals surface area (Å²) in [5.74, 6) is -0.466. The van der Waals surface area contributed by atoms with E-state index in [1.165, 1.54) is 28.2 Å². The second kappa shape index (κ2) is 10.3. The number of benzene rings is 2. The van der Waals surface area contributed by atoms with Crippen LogP contribution in [0.1, 0.15) is 53.6 Å². The molecule has 35 heavy (non-hydrogen) atoms. The average molecular weight is 496 g/mol. The highest BCUT2D eigenvalue weighted by Gasteiger charge is 2.29. The number of hydrogen-bond acceptors (Lipinski definition) is 4. The Bertz CT molecular complexity index is 1390. The number of rotatable bonds is 7. The molecule has 1 N–H and O–H groups in total. The number of aryl methyl sites for hydroxylation is 2. The van der Waals surface area contributed by atoms with E-state index in [0.717, 1.165) is 37.7 Å². The highest BCUT2D eigenvalue weighted by atomic mass is 32.2. The van der Waals surface area contributed by atoms with E-state index in [1.54, 1.807) is 24.7 Å². The van der Waals surface area contributed by atoms with Crippen LogP contribution >= 0.6 is 0 Å². The van der Waals surface area contributed by atoms with Crippen molar-refractivity contribution in [2.45, 2.75) is 56.4 Å². The molecule has 2 aromatic carbocycles. The van der Waals surface area contributed by atoms with Crippen molar-refractivity contribution in [1.29, 1.82) is 0 Å². The molecule has 7 nitrogen and oxygen atoms in total. The smallest absolute Gasteiger partial charge is 0.256 e. The predicted molar refractivity (Wildman–Crippen MR) is 138 cm³/mol. The highest BCUT2D eigenvalue weighted by molar-refractivity contribution is 7.89. The lowest BCUT2D eigenvalue weighted by Crippen LogP contribution is -2.38. The SMILES string of the molecule is Cc1ccc(CCNC(=O)c2cn(C)c3ccc(S(=O)(=O)N(C)C4CCCCC4)cc3c2=O)cc1. The first-order chi connectivity index (χ1) is 16.7. The van der Waals surface area contributed by atoms with Crippen LogP contribution in [0.4, 0.5) is 0 Å². The van der Waals surface area contributed by atoms with Crippen molar-refractivity contribution in [3.63, 3.8) is 0 Å². The van der Waals surface area contributed by atoms with E-state index in [4.69, 9.17) is 0 Å². The first-order valence-electron chi connectivity index (χ1n) is 12.1. The maximum atomic E-state index is 13.3. The highest BCUT2D eigenvalue weighted by Crippen LogP contribution is 2.27. The molecule has 0 unspecified atom stereocenters. The molecular formula is C27H33N3O4S. The molecule has 0 spiro atoms. The average Bonchev–Trinajstić information content (AvgIpc) is 2.87. The van der Waals surface area contributed by atoms with Crippen LogP contribution in [0.5, 0.6) is 0 Å². The number of amides is 1. The van der Waals surface area contributed by atoms with Crippen molar-refractivity contribution in [2.24, 2.45) is 7.05 Å². The van der Waals surface area contributed by atoms with Crippen molar-refractivity contribution in [1.82, 2.24) is 14.2 Å². The molecule has 1 fully saturated rings. The first-order valence-corrected chi connectivity index (χ1v) is 13.6. The molecule has 1 amide bonds.